The lowest BCUT2D eigenvalue weighted by molar-refractivity contribution is 0.0378. The van der Waals surface area contributed by atoms with E-state index in [1.807, 2.05) is 17.9 Å². The van der Waals surface area contributed by atoms with E-state index >= 15 is 0 Å². The van der Waals surface area contributed by atoms with Crippen molar-refractivity contribution in [1.82, 2.24) is 14.7 Å². The van der Waals surface area contributed by atoms with Crippen LogP contribution in [0.1, 0.15) is 42.1 Å². The number of ether oxygens (including phenoxy) is 1. The Morgan fingerprint density at radius 3 is 2.60 bits per heavy atom. The van der Waals surface area contributed by atoms with Crippen LogP contribution < -0.4 is 4.90 Å². The number of aryl methyl sites for hydroxylation is 1. The molecule has 2 amide bonds. The van der Waals surface area contributed by atoms with Crippen molar-refractivity contribution in [2.45, 2.75) is 38.6 Å². The first-order valence-electron chi connectivity index (χ1n) is 11.4. The molecule has 7 nitrogen and oxygen atoms in total. The van der Waals surface area contributed by atoms with Crippen LogP contribution in [-0.4, -0.2) is 92.2 Å². The van der Waals surface area contributed by atoms with Gasteiger partial charge >= 0.3 is 6.09 Å². The molecule has 4 rings (SSSR count). The second-order valence-electron chi connectivity index (χ2n) is 8.64. The predicted octanol–water partition coefficient (Wildman–Crippen LogP) is 2.45. The zero-order chi connectivity index (χ0) is 21.1. The largest absolute Gasteiger partial charge is 0.450 e. The molecule has 0 radical (unpaired) electrons. The molecule has 1 atom stereocenters. The summed E-state index contributed by atoms with van der Waals surface area (Å²) in [7, 11) is 2.12. The molecule has 0 bridgehead atoms. The summed E-state index contributed by atoms with van der Waals surface area (Å²) in [5, 5.41) is 0. The molecule has 0 saturated carbocycles. The minimum atomic E-state index is -0.212. The maximum atomic E-state index is 13.2. The molecule has 0 N–H and O–H groups in total. The summed E-state index contributed by atoms with van der Waals surface area (Å²) in [5.74, 6) is 0.154. The fraction of sp³-hybridized carbons (Fsp3) is 0.652. The van der Waals surface area contributed by atoms with Gasteiger partial charge in [0.15, 0.2) is 0 Å². The Labute approximate surface area is 179 Å². The van der Waals surface area contributed by atoms with Crippen molar-refractivity contribution in [2.75, 3.05) is 64.4 Å². The summed E-state index contributed by atoms with van der Waals surface area (Å²) in [5.41, 5.74) is 3.36. The van der Waals surface area contributed by atoms with Crippen LogP contribution in [0.4, 0.5) is 10.5 Å². The Morgan fingerprint density at radius 1 is 1.03 bits per heavy atom. The van der Waals surface area contributed by atoms with Crippen molar-refractivity contribution in [3.63, 3.8) is 0 Å². The number of amides is 2. The Kier molecular flexibility index (Phi) is 6.46. The number of benzene rings is 1. The minimum absolute atomic E-state index is 0.154. The average molecular weight is 415 g/mol. The monoisotopic (exact) mass is 414 g/mol. The van der Waals surface area contributed by atoms with Crippen LogP contribution in [-0.2, 0) is 11.2 Å². The van der Waals surface area contributed by atoms with Gasteiger partial charge in [-0.3, -0.25) is 9.69 Å². The molecule has 0 aliphatic carbocycles. The highest BCUT2D eigenvalue weighted by atomic mass is 16.6. The van der Waals surface area contributed by atoms with E-state index in [2.05, 4.69) is 29.0 Å². The van der Waals surface area contributed by atoms with Gasteiger partial charge in [-0.05, 0) is 56.4 Å². The van der Waals surface area contributed by atoms with Crippen molar-refractivity contribution < 1.29 is 14.3 Å². The summed E-state index contributed by atoms with van der Waals surface area (Å²) >= 11 is 0. The van der Waals surface area contributed by atoms with Crippen LogP contribution in [0.2, 0.25) is 0 Å². The van der Waals surface area contributed by atoms with Gasteiger partial charge in [0.2, 0.25) is 0 Å². The highest BCUT2D eigenvalue weighted by Crippen LogP contribution is 2.28. The molecule has 1 aromatic rings. The fourth-order valence-electron chi connectivity index (χ4n) is 5.02. The first-order chi connectivity index (χ1) is 14.6. The topological polar surface area (TPSA) is 56.3 Å². The molecule has 0 aromatic heterocycles. The second kappa shape index (κ2) is 9.25. The number of likely N-dealkylation sites (tertiary alicyclic amines) is 1. The van der Waals surface area contributed by atoms with E-state index in [-0.39, 0.29) is 12.0 Å². The van der Waals surface area contributed by atoms with Crippen molar-refractivity contribution in [3.05, 3.63) is 29.3 Å². The first kappa shape index (κ1) is 21.0. The maximum absolute atomic E-state index is 13.2. The zero-order valence-corrected chi connectivity index (χ0v) is 18.3. The molecule has 2 saturated heterocycles. The highest BCUT2D eigenvalue weighted by Gasteiger charge is 2.32. The standard InChI is InChI=1S/C23H34N4O3/c1-3-30-23(29)26-14-12-25(13-15-26)20-7-5-11-27(17-20)22(28)19-8-9-21-18(16-19)6-4-10-24(21)2/h8-9,16,20H,3-7,10-15,17H2,1-2H3. The van der Waals surface area contributed by atoms with Crippen LogP contribution in [0, 0.1) is 0 Å². The third-order valence-corrected chi connectivity index (χ3v) is 6.72. The van der Waals surface area contributed by atoms with E-state index < -0.39 is 0 Å². The third kappa shape index (κ3) is 4.41. The number of rotatable bonds is 3. The van der Waals surface area contributed by atoms with Crippen LogP contribution in [0.15, 0.2) is 18.2 Å². The van der Waals surface area contributed by atoms with Crippen molar-refractivity contribution >= 4 is 17.7 Å². The van der Waals surface area contributed by atoms with E-state index in [9.17, 15) is 9.59 Å². The second-order valence-corrected chi connectivity index (χ2v) is 8.64. The van der Waals surface area contributed by atoms with E-state index in [1.165, 1.54) is 11.3 Å². The number of carbonyl (C=O) groups excluding carboxylic acids is 2. The number of anilines is 1. The predicted molar refractivity (Wildman–Crippen MR) is 117 cm³/mol. The molecule has 164 valence electrons. The van der Waals surface area contributed by atoms with Crippen LogP contribution >= 0.6 is 0 Å². The van der Waals surface area contributed by atoms with Crippen molar-refractivity contribution in [2.24, 2.45) is 0 Å². The van der Waals surface area contributed by atoms with Crippen molar-refractivity contribution in [3.8, 4) is 0 Å². The molecular weight excluding hydrogens is 380 g/mol. The quantitative estimate of drug-likeness (QED) is 0.761. The SMILES string of the molecule is CCOC(=O)N1CCN(C2CCCN(C(=O)c3ccc4c(c3)CCCN4C)C2)CC1. The number of carbonyl (C=O) groups is 2. The van der Waals surface area contributed by atoms with Gasteiger partial charge in [0, 0.05) is 70.2 Å². The van der Waals surface area contributed by atoms with Gasteiger partial charge in [0.25, 0.3) is 5.91 Å². The van der Waals surface area contributed by atoms with E-state index in [0.717, 1.165) is 64.0 Å². The van der Waals surface area contributed by atoms with E-state index in [0.29, 0.717) is 25.7 Å². The van der Waals surface area contributed by atoms with E-state index in [4.69, 9.17) is 4.74 Å². The smallest absolute Gasteiger partial charge is 0.409 e. The Balaban J connectivity index is 1.36. The summed E-state index contributed by atoms with van der Waals surface area (Å²) in [6, 6.07) is 6.58. The van der Waals surface area contributed by atoms with Gasteiger partial charge in [-0.2, -0.15) is 0 Å². The van der Waals surface area contributed by atoms with Crippen LogP contribution in [0.3, 0.4) is 0 Å². The lowest BCUT2D eigenvalue weighted by Crippen LogP contribution is -2.56. The highest BCUT2D eigenvalue weighted by molar-refractivity contribution is 5.95. The lowest BCUT2D eigenvalue weighted by Gasteiger charge is -2.43. The summed E-state index contributed by atoms with van der Waals surface area (Å²) in [6.07, 6.45) is 4.12. The van der Waals surface area contributed by atoms with Gasteiger partial charge in [-0.1, -0.05) is 0 Å². The van der Waals surface area contributed by atoms with Crippen LogP contribution in [0.25, 0.3) is 0 Å². The van der Waals surface area contributed by atoms with Crippen LogP contribution in [0.5, 0.6) is 0 Å². The normalized spacial score (nSPS) is 22.6. The zero-order valence-electron chi connectivity index (χ0n) is 18.3. The first-order valence-corrected chi connectivity index (χ1v) is 11.4. The number of nitrogens with zero attached hydrogens (tertiary/aromatic N) is 4. The number of fused-ring (bicyclic) bond motifs is 1. The number of piperazine rings is 1. The van der Waals surface area contributed by atoms with E-state index in [1.54, 1.807) is 4.90 Å². The molecule has 3 aliphatic heterocycles. The molecule has 2 fully saturated rings. The fourth-order valence-corrected chi connectivity index (χ4v) is 5.02. The summed E-state index contributed by atoms with van der Waals surface area (Å²) in [6.45, 7) is 8.01. The average Bonchev–Trinajstić information content (AvgIpc) is 2.79. The Morgan fingerprint density at radius 2 is 1.83 bits per heavy atom. The molecule has 30 heavy (non-hydrogen) atoms. The molecular formula is C23H34N4O3. The molecule has 3 heterocycles. The lowest BCUT2D eigenvalue weighted by atomic mass is 9.98. The van der Waals surface area contributed by atoms with Crippen molar-refractivity contribution in [1.29, 1.82) is 0 Å². The molecule has 1 unspecified atom stereocenters. The summed E-state index contributed by atoms with van der Waals surface area (Å²) < 4.78 is 5.12. The number of piperidine rings is 1. The van der Waals surface area contributed by atoms with Gasteiger partial charge in [0.1, 0.15) is 0 Å². The van der Waals surface area contributed by atoms with Gasteiger partial charge < -0.3 is 19.4 Å². The maximum Gasteiger partial charge on any atom is 0.409 e. The molecule has 7 heteroatoms. The Bertz CT molecular complexity index is 776. The third-order valence-electron chi connectivity index (χ3n) is 6.72. The minimum Gasteiger partial charge on any atom is -0.450 e. The van der Waals surface area contributed by atoms with Gasteiger partial charge in [-0.15, -0.1) is 0 Å². The number of hydrogen-bond acceptors (Lipinski definition) is 5. The van der Waals surface area contributed by atoms with Gasteiger partial charge in [-0.25, -0.2) is 4.79 Å². The number of hydrogen-bond donors (Lipinski definition) is 0. The van der Waals surface area contributed by atoms with Gasteiger partial charge in [0.05, 0.1) is 6.61 Å². The molecule has 3 aliphatic rings. The molecule has 0 spiro atoms. The molecule has 1 aromatic carbocycles. The summed E-state index contributed by atoms with van der Waals surface area (Å²) in [4.78, 5) is 33.7. The Hall–Kier alpha value is -2.28.